The van der Waals surface area contributed by atoms with Gasteiger partial charge in [0, 0.05) is 25.3 Å². The minimum atomic E-state index is -3.49. The molecule has 30 heavy (non-hydrogen) atoms. The van der Waals surface area contributed by atoms with Crippen LogP contribution in [0.5, 0.6) is 0 Å². The Bertz CT molecular complexity index is 965. The van der Waals surface area contributed by atoms with Crippen molar-refractivity contribution >= 4 is 27.6 Å². The Morgan fingerprint density at radius 1 is 1.13 bits per heavy atom. The molecule has 1 atom stereocenters. The number of carbonyl (C=O) groups is 1. The molecule has 0 amide bonds. The maximum Gasteiger partial charge on any atom is 0.243 e. The number of thioether (sulfide) groups is 1. The molecule has 2 aromatic rings. The zero-order valence-corrected chi connectivity index (χ0v) is 18.3. The number of nitrogens with zero attached hydrogens (tertiary/aromatic N) is 5. The molecule has 0 spiro atoms. The quantitative estimate of drug-likeness (QED) is 0.443. The molecule has 0 saturated carbocycles. The lowest BCUT2D eigenvalue weighted by atomic mass is 10.1. The van der Waals surface area contributed by atoms with Crippen molar-refractivity contribution in [3.05, 3.63) is 29.8 Å². The summed E-state index contributed by atoms with van der Waals surface area (Å²) < 4.78 is 34.3. The van der Waals surface area contributed by atoms with Crippen LogP contribution in [0.4, 0.5) is 0 Å². The Hall–Kier alpha value is -1.82. The summed E-state index contributed by atoms with van der Waals surface area (Å²) in [5.74, 6) is 0.0676. The number of ether oxygens (including phenoxy) is 1. The van der Waals surface area contributed by atoms with E-state index in [0.29, 0.717) is 30.4 Å². The number of tetrazole rings is 1. The third-order valence-electron chi connectivity index (χ3n) is 5.36. The van der Waals surface area contributed by atoms with Crippen molar-refractivity contribution in [1.82, 2.24) is 24.5 Å². The SMILES string of the molecule is O=C(CSc1nnnn1C[C@H]1CCCO1)c1ccc(S(=O)(=O)N2CCCCC2)cc1. The molecule has 11 heteroatoms. The summed E-state index contributed by atoms with van der Waals surface area (Å²) in [5, 5.41) is 12.3. The monoisotopic (exact) mass is 451 g/mol. The summed E-state index contributed by atoms with van der Waals surface area (Å²) in [5.41, 5.74) is 0.471. The molecule has 0 bridgehead atoms. The molecule has 2 fully saturated rings. The molecule has 1 aromatic heterocycles. The van der Waals surface area contributed by atoms with Crippen molar-refractivity contribution in [3.63, 3.8) is 0 Å². The zero-order chi connectivity index (χ0) is 21.0. The van der Waals surface area contributed by atoms with Gasteiger partial charge >= 0.3 is 0 Å². The van der Waals surface area contributed by atoms with Gasteiger partial charge in [0.25, 0.3) is 0 Å². The van der Waals surface area contributed by atoms with Crippen LogP contribution in [0.3, 0.4) is 0 Å². The van der Waals surface area contributed by atoms with Crippen molar-refractivity contribution in [2.24, 2.45) is 0 Å². The molecule has 4 rings (SSSR count). The van der Waals surface area contributed by atoms with Crippen molar-refractivity contribution in [2.45, 2.75) is 54.8 Å². The molecule has 0 aliphatic carbocycles. The lowest BCUT2D eigenvalue weighted by Crippen LogP contribution is -2.35. The number of sulfonamides is 1. The van der Waals surface area contributed by atoms with Gasteiger partial charge in [0.05, 0.1) is 23.3 Å². The van der Waals surface area contributed by atoms with E-state index in [4.69, 9.17) is 4.74 Å². The first-order valence-electron chi connectivity index (χ1n) is 10.2. The van der Waals surface area contributed by atoms with E-state index in [-0.39, 0.29) is 22.5 Å². The van der Waals surface area contributed by atoms with E-state index in [1.165, 1.54) is 28.2 Å². The molecule has 2 aliphatic heterocycles. The molecule has 162 valence electrons. The van der Waals surface area contributed by atoms with Gasteiger partial charge in [-0.1, -0.05) is 30.3 Å². The van der Waals surface area contributed by atoms with Crippen LogP contribution >= 0.6 is 11.8 Å². The molecule has 0 radical (unpaired) electrons. The highest BCUT2D eigenvalue weighted by atomic mass is 32.2. The number of piperidine rings is 1. The van der Waals surface area contributed by atoms with E-state index < -0.39 is 10.0 Å². The standard InChI is InChI=1S/C19H25N5O4S2/c25-18(14-29-19-20-21-22-24(19)13-16-5-4-12-28-16)15-6-8-17(9-7-15)30(26,27)23-10-2-1-3-11-23/h6-9,16H,1-5,10-14H2/t16-/m1/s1. The second-order valence-electron chi connectivity index (χ2n) is 7.48. The highest BCUT2D eigenvalue weighted by Crippen LogP contribution is 2.22. The smallest absolute Gasteiger partial charge is 0.243 e. The van der Waals surface area contributed by atoms with E-state index in [1.54, 1.807) is 16.8 Å². The number of aromatic nitrogens is 4. The van der Waals surface area contributed by atoms with Crippen molar-refractivity contribution < 1.29 is 17.9 Å². The van der Waals surface area contributed by atoms with E-state index in [0.717, 1.165) is 38.7 Å². The van der Waals surface area contributed by atoms with Gasteiger partial charge in [-0.15, -0.1) is 5.10 Å². The summed E-state index contributed by atoms with van der Waals surface area (Å²) in [6, 6.07) is 6.19. The number of benzene rings is 1. The first-order valence-corrected chi connectivity index (χ1v) is 12.6. The van der Waals surface area contributed by atoms with E-state index in [9.17, 15) is 13.2 Å². The fourth-order valence-corrected chi connectivity index (χ4v) is 5.97. The lowest BCUT2D eigenvalue weighted by Gasteiger charge is -2.25. The summed E-state index contributed by atoms with van der Waals surface area (Å²) in [6.07, 6.45) is 4.97. The van der Waals surface area contributed by atoms with E-state index in [2.05, 4.69) is 15.5 Å². The molecule has 9 nitrogen and oxygen atoms in total. The second-order valence-corrected chi connectivity index (χ2v) is 10.4. The maximum absolute atomic E-state index is 12.7. The third-order valence-corrected chi connectivity index (χ3v) is 8.23. The van der Waals surface area contributed by atoms with Gasteiger partial charge in [-0.05, 0) is 48.2 Å². The first kappa shape index (κ1) is 21.4. The van der Waals surface area contributed by atoms with Gasteiger partial charge < -0.3 is 4.74 Å². The average Bonchev–Trinajstić information content (AvgIpc) is 3.45. The van der Waals surface area contributed by atoms with E-state index in [1.807, 2.05) is 0 Å². The molecule has 3 heterocycles. The van der Waals surface area contributed by atoms with Crippen LogP contribution in [0.25, 0.3) is 0 Å². The van der Waals surface area contributed by atoms with Crippen molar-refractivity contribution in [1.29, 1.82) is 0 Å². The Morgan fingerprint density at radius 2 is 1.90 bits per heavy atom. The lowest BCUT2D eigenvalue weighted by molar-refractivity contribution is 0.0912. The topological polar surface area (TPSA) is 107 Å². The molecule has 2 saturated heterocycles. The minimum absolute atomic E-state index is 0.103. The molecule has 0 N–H and O–H groups in total. The molecular formula is C19H25N5O4S2. The largest absolute Gasteiger partial charge is 0.376 e. The van der Waals surface area contributed by atoms with Crippen molar-refractivity contribution in [2.75, 3.05) is 25.4 Å². The molecule has 0 unspecified atom stereocenters. The average molecular weight is 452 g/mol. The fourth-order valence-electron chi connectivity index (χ4n) is 3.68. The zero-order valence-electron chi connectivity index (χ0n) is 16.6. The minimum Gasteiger partial charge on any atom is -0.376 e. The Morgan fingerprint density at radius 3 is 2.60 bits per heavy atom. The van der Waals surface area contributed by atoms with Gasteiger partial charge in [0.15, 0.2) is 5.78 Å². The van der Waals surface area contributed by atoms with Crippen LogP contribution in [0.2, 0.25) is 0 Å². The number of Topliss-reactive ketones (excluding diaryl/α,β-unsaturated/α-hetero) is 1. The molecule has 1 aromatic carbocycles. The third kappa shape index (κ3) is 4.90. The Labute approximate surface area is 180 Å². The first-order chi connectivity index (χ1) is 14.5. The van der Waals surface area contributed by atoms with Crippen molar-refractivity contribution in [3.8, 4) is 0 Å². The van der Waals surface area contributed by atoms with Crippen LogP contribution in [0.1, 0.15) is 42.5 Å². The second kappa shape index (κ2) is 9.54. The number of hydrogen-bond donors (Lipinski definition) is 0. The van der Waals surface area contributed by atoms with Gasteiger partial charge in [-0.3, -0.25) is 4.79 Å². The fraction of sp³-hybridized carbons (Fsp3) is 0.579. The summed E-state index contributed by atoms with van der Waals surface area (Å²) in [7, 11) is -3.49. The highest BCUT2D eigenvalue weighted by molar-refractivity contribution is 7.99. The van der Waals surface area contributed by atoms with Crippen LogP contribution in [0.15, 0.2) is 34.3 Å². The van der Waals surface area contributed by atoms with Gasteiger partial charge in [0.1, 0.15) is 0 Å². The normalized spacial score (nSPS) is 20.5. The number of hydrogen-bond acceptors (Lipinski definition) is 8. The Kier molecular flexibility index (Phi) is 6.81. The number of ketones is 1. The summed E-state index contributed by atoms with van der Waals surface area (Å²) in [4.78, 5) is 12.8. The summed E-state index contributed by atoms with van der Waals surface area (Å²) in [6.45, 7) is 2.45. The summed E-state index contributed by atoms with van der Waals surface area (Å²) >= 11 is 1.27. The predicted molar refractivity (Wildman–Crippen MR) is 111 cm³/mol. The Balaban J connectivity index is 1.36. The molecule has 2 aliphatic rings. The van der Waals surface area contributed by atoms with Crippen LogP contribution in [0, 0.1) is 0 Å². The number of rotatable bonds is 8. The highest BCUT2D eigenvalue weighted by Gasteiger charge is 2.26. The number of carbonyl (C=O) groups excluding carboxylic acids is 1. The predicted octanol–water partition coefficient (Wildman–Crippen LogP) is 2.00. The maximum atomic E-state index is 12.7. The van der Waals surface area contributed by atoms with Gasteiger partial charge in [0.2, 0.25) is 15.2 Å². The van der Waals surface area contributed by atoms with Gasteiger partial charge in [-0.25, -0.2) is 13.1 Å². The van der Waals surface area contributed by atoms with E-state index >= 15 is 0 Å². The van der Waals surface area contributed by atoms with Gasteiger partial charge in [-0.2, -0.15) is 4.31 Å². The van der Waals surface area contributed by atoms with Crippen LogP contribution in [-0.2, 0) is 21.3 Å². The van der Waals surface area contributed by atoms with Crippen LogP contribution in [-0.4, -0.2) is 70.3 Å². The molecular weight excluding hydrogens is 426 g/mol. The van der Waals surface area contributed by atoms with Crippen LogP contribution < -0.4 is 0 Å².